The number of aromatic nitrogens is 1. The maximum atomic E-state index is 12.4. The van der Waals surface area contributed by atoms with E-state index in [0.29, 0.717) is 12.0 Å². The highest BCUT2D eigenvalue weighted by atomic mass is 16.5. The molecule has 1 aromatic heterocycles. The van der Waals surface area contributed by atoms with Crippen molar-refractivity contribution in [2.75, 3.05) is 18.4 Å². The van der Waals surface area contributed by atoms with Crippen molar-refractivity contribution in [3.05, 3.63) is 65.4 Å². The number of H-pyrrole nitrogens is 1. The van der Waals surface area contributed by atoms with Crippen LogP contribution in [-0.4, -0.2) is 35.1 Å². The number of rotatable bonds is 4. The van der Waals surface area contributed by atoms with Crippen LogP contribution >= 0.6 is 0 Å². The Labute approximate surface area is 189 Å². The molecule has 0 radical (unpaired) electrons. The molecule has 3 aliphatic heterocycles. The molecular weight excluding hydrogens is 398 g/mol. The van der Waals surface area contributed by atoms with Gasteiger partial charge in [0.15, 0.2) is 0 Å². The second-order valence-corrected chi connectivity index (χ2v) is 9.81. The van der Waals surface area contributed by atoms with Crippen LogP contribution in [0, 0.1) is 11.8 Å². The zero-order valence-corrected chi connectivity index (χ0v) is 18.6. The highest BCUT2D eigenvalue weighted by Crippen LogP contribution is 2.51. The summed E-state index contributed by atoms with van der Waals surface area (Å²) in [5, 5.41) is 4.17. The fourth-order valence-corrected chi connectivity index (χ4v) is 6.65. The first-order valence-electron chi connectivity index (χ1n) is 12.1. The average molecular weight is 430 g/mol. The number of fused-ring (bicyclic) bond motifs is 4. The summed E-state index contributed by atoms with van der Waals surface area (Å²) in [6.07, 6.45) is 4.66. The molecule has 2 saturated heterocycles. The van der Waals surface area contributed by atoms with Crippen LogP contribution in [0.3, 0.4) is 0 Å². The second-order valence-electron chi connectivity index (χ2n) is 9.81. The van der Waals surface area contributed by atoms with Gasteiger partial charge in [-0.25, -0.2) is 4.79 Å². The highest BCUT2D eigenvalue weighted by Gasteiger charge is 2.48. The molecule has 5 heteroatoms. The molecule has 32 heavy (non-hydrogen) atoms. The minimum Gasteiger partial charge on any atom is -0.444 e. The monoisotopic (exact) mass is 429 g/mol. The van der Waals surface area contributed by atoms with Crippen LogP contribution in [-0.2, 0) is 17.8 Å². The van der Waals surface area contributed by atoms with E-state index in [1.54, 1.807) is 0 Å². The number of benzene rings is 2. The summed E-state index contributed by atoms with van der Waals surface area (Å²) in [6.45, 7) is 5.05. The van der Waals surface area contributed by atoms with E-state index in [0.717, 1.165) is 36.1 Å². The van der Waals surface area contributed by atoms with Crippen molar-refractivity contribution >= 4 is 22.7 Å². The van der Waals surface area contributed by atoms with Gasteiger partial charge in [0.2, 0.25) is 0 Å². The largest absolute Gasteiger partial charge is 0.444 e. The molecule has 5 nitrogen and oxygen atoms in total. The van der Waals surface area contributed by atoms with Crippen LogP contribution < -0.4 is 5.32 Å². The van der Waals surface area contributed by atoms with Gasteiger partial charge in [0, 0.05) is 47.3 Å². The van der Waals surface area contributed by atoms with E-state index in [9.17, 15) is 4.79 Å². The molecule has 3 aromatic rings. The SMILES string of the molecule is CCC1CC2CC3c4[nH]c5ccc(NC(=O)OCc6ccccc6)cc5c4CCN(C2)C13. The van der Waals surface area contributed by atoms with Crippen molar-refractivity contribution in [1.29, 1.82) is 0 Å². The number of aromatic amines is 1. The van der Waals surface area contributed by atoms with Gasteiger partial charge in [-0.1, -0.05) is 43.7 Å². The third-order valence-corrected chi connectivity index (χ3v) is 7.98. The number of nitrogens with one attached hydrogen (secondary N) is 2. The number of hydrogen-bond donors (Lipinski definition) is 2. The molecule has 0 spiro atoms. The number of hydrogen-bond acceptors (Lipinski definition) is 3. The average Bonchev–Trinajstić information content (AvgIpc) is 3.14. The Hall–Kier alpha value is -2.79. The van der Waals surface area contributed by atoms with E-state index in [2.05, 4.69) is 34.3 Å². The summed E-state index contributed by atoms with van der Waals surface area (Å²) in [7, 11) is 0. The van der Waals surface area contributed by atoms with E-state index >= 15 is 0 Å². The summed E-state index contributed by atoms with van der Waals surface area (Å²) in [5.41, 5.74) is 5.87. The number of anilines is 1. The third kappa shape index (κ3) is 3.39. The summed E-state index contributed by atoms with van der Waals surface area (Å²) >= 11 is 0. The smallest absolute Gasteiger partial charge is 0.411 e. The topological polar surface area (TPSA) is 57.4 Å². The minimum atomic E-state index is -0.417. The molecule has 1 amide bonds. The standard InChI is InChI=1S/C27H31N3O2/c1-2-19-12-18-13-23-25-21(10-11-30(15-18)26(19)23)22-14-20(8-9-24(22)29-25)28-27(31)32-16-17-6-4-3-5-7-17/h3-9,14,18-19,23,26,29H,2,10-13,15-16H2,1H3,(H,28,31). The van der Waals surface area contributed by atoms with Crippen molar-refractivity contribution in [3.8, 4) is 0 Å². The minimum absolute atomic E-state index is 0.271. The fraction of sp³-hybridized carbons (Fsp3) is 0.444. The van der Waals surface area contributed by atoms with Crippen LogP contribution in [0.15, 0.2) is 48.5 Å². The molecule has 3 fully saturated rings. The van der Waals surface area contributed by atoms with Crippen LogP contribution in [0.1, 0.15) is 48.9 Å². The molecule has 4 bridgehead atoms. The summed E-state index contributed by atoms with van der Waals surface area (Å²) in [6, 6.07) is 16.6. The fourth-order valence-electron chi connectivity index (χ4n) is 6.65. The molecule has 4 aliphatic rings. The number of carbonyl (C=O) groups is 1. The Bertz CT molecular complexity index is 1140. The van der Waals surface area contributed by atoms with Crippen molar-refractivity contribution in [3.63, 3.8) is 0 Å². The van der Waals surface area contributed by atoms with Gasteiger partial charge in [-0.15, -0.1) is 0 Å². The summed E-state index contributed by atoms with van der Waals surface area (Å²) < 4.78 is 5.41. The van der Waals surface area contributed by atoms with E-state index in [1.807, 2.05) is 36.4 Å². The third-order valence-electron chi connectivity index (χ3n) is 7.98. The maximum Gasteiger partial charge on any atom is 0.411 e. The Morgan fingerprint density at radius 1 is 1.19 bits per heavy atom. The van der Waals surface area contributed by atoms with Crippen LogP contribution in [0.5, 0.6) is 0 Å². The molecular formula is C27H31N3O2. The van der Waals surface area contributed by atoms with E-state index in [4.69, 9.17) is 4.74 Å². The zero-order chi connectivity index (χ0) is 21.7. The molecule has 166 valence electrons. The van der Waals surface area contributed by atoms with Gasteiger partial charge in [-0.05, 0) is 60.4 Å². The van der Waals surface area contributed by atoms with Gasteiger partial charge in [-0.2, -0.15) is 0 Å². The lowest BCUT2D eigenvalue weighted by atomic mass is 9.65. The molecule has 2 aromatic carbocycles. The Balaban J connectivity index is 1.25. The lowest BCUT2D eigenvalue weighted by Crippen LogP contribution is -2.56. The summed E-state index contributed by atoms with van der Waals surface area (Å²) in [4.78, 5) is 18.9. The van der Waals surface area contributed by atoms with Gasteiger partial charge in [-0.3, -0.25) is 10.2 Å². The van der Waals surface area contributed by atoms with Crippen molar-refractivity contribution in [1.82, 2.24) is 9.88 Å². The highest BCUT2D eigenvalue weighted by molar-refractivity contribution is 5.92. The van der Waals surface area contributed by atoms with Crippen molar-refractivity contribution < 1.29 is 9.53 Å². The molecule has 1 aliphatic carbocycles. The van der Waals surface area contributed by atoms with Gasteiger partial charge < -0.3 is 9.72 Å². The van der Waals surface area contributed by atoms with E-state index < -0.39 is 6.09 Å². The Morgan fingerprint density at radius 2 is 2.06 bits per heavy atom. The quantitative estimate of drug-likeness (QED) is 0.561. The van der Waals surface area contributed by atoms with Gasteiger partial charge in [0.05, 0.1) is 0 Å². The van der Waals surface area contributed by atoms with Crippen molar-refractivity contribution in [2.24, 2.45) is 11.8 Å². The van der Waals surface area contributed by atoms with Gasteiger partial charge in [0.1, 0.15) is 6.61 Å². The molecule has 7 rings (SSSR count). The normalized spacial score (nSPS) is 28.2. The van der Waals surface area contributed by atoms with E-state index in [-0.39, 0.29) is 6.61 Å². The number of amides is 1. The molecule has 2 N–H and O–H groups in total. The van der Waals surface area contributed by atoms with E-state index in [1.165, 1.54) is 48.0 Å². The van der Waals surface area contributed by atoms with Gasteiger partial charge >= 0.3 is 6.09 Å². The van der Waals surface area contributed by atoms with Crippen LogP contribution in [0.25, 0.3) is 10.9 Å². The lowest BCUT2D eigenvalue weighted by Gasteiger charge is -2.53. The predicted molar refractivity (Wildman–Crippen MR) is 127 cm³/mol. The number of nitrogens with zero attached hydrogens (tertiary/aromatic N) is 1. The Kier molecular flexibility index (Phi) is 4.94. The lowest BCUT2D eigenvalue weighted by molar-refractivity contribution is -0.0134. The first-order chi connectivity index (χ1) is 15.7. The number of carbonyl (C=O) groups excluding carboxylic acids is 1. The second kappa shape index (κ2) is 7.96. The molecule has 4 heterocycles. The molecule has 5 atom stereocenters. The maximum absolute atomic E-state index is 12.4. The predicted octanol–water partition coefficient (Wildman–Crippen LogP) is 5.68. The van der Waals surface area contributed by atoms with Crippen LogP contribution in [0.2, 0.25) is 0 Å². The molecule has 1 saturated carbocycles. The van der Waals surface area contributed by atoms with Crippen molar-refractivity contribution in [2.45, 2.75) is 51.2 Å². The summed E-state index contributed by atoms with van der Waals surface area (Å²) in [5.74, 6) is 2.27. The first-order valence-corrected chi connectivity index (χ1v) is 12.1. The Morgan fingerprint density at radius 3 is 2.91 bits per heavy atom. The van der Waals surface area contributed by atoms with Crippen LogP contribution in [0.4, 0.5) is 10.5 Å². The first kappa shape index (κ1) is 19.9. The van der Waals surface area contributed by atoms with Gasteiger partial charge in [0.25, 0.3) is 0 Å². The number of ether oxygens (including phenoxy) is 1. The number of piperidine rings is 2. The zero-order valence-electron chi connectivity index (χ0n) is 18.6. The molecule has 5 unspecified atom stereocenters.